The van der Waals surface area contributed by atoms with E-state index in [-0.39, 0.29) is 6.04 Å². The summed E-state index contributed by atoms with van der Waals surface area (Å²) in [7, 11) is 0. The fourth-order valence-corrected chi connectivity index (χ4v) is 5.47. The fraction of sp³-hybridized carbons (Fsp3) is 0.533. The number of nitrogens with zero attached hydrogens (tertiary/aromatic N) is 2. The molecule has 1 aliphatic heterocycles. The molecule has 0 aliphatic carbocycles. The van der Waals surface area contributed by atoms with Gasteiger partial charge in [0, 0.05) is 9.79 Å². The number of hydrogen-bond acceptors (Lipinski definition) is 5. The Labute approximate surface area is 216 Å². The van der Waals surface area contributed by atoms with Crippen molar-refractivity contribution in [2.75, 3.05) is 13.2 Å². The van der Waals surface area contributed by atoms with Crippen LogP contribution in [0.4, 0.5) is 0 Å². The third-order valence-corrected chi connectivity index (χ3v) is 7.48. The molecule has 2 aromatic carbocycles. The van der Waals surface area contributed by atoms with E-state index < -0.39 is 5.54 Å². The van der Waals surface area contributed by atoms with Crippen LogP contribution in [0, 0.1) is 12.8 Å². The first-order valence-corrected chi connectivity index (χ1v) is 13.9. The van der Waals surface area contributed by atoms with E-state index >= 15 is 0 Å². The van der Waals surface area contributed by atoms with Crippen molar-refractivity contribution in [3.05, 3.63) is 59.2 Å². The van der Waals surface area contributed by atoms with Gasteiger partial charge in [0.1, 0.15) is 11.6 Å². The van der Waals surface area contributed by atoms with Crippen molar-refractivity contribution in [1.29, 1.82) is 0 Å². The second-order valence-corrected chi connectivity index (χ2v) is 10.9. The summed E-state index contributed by atoms with van der Waals surface area (Å²) in [5, 5.41) is 0. The maximum absolute atomic E-state index is 6.01. The van der Waals surface area contributed by atoms with Gasteiger partial charge in [-0.25, -0.2) is 9.98 Å². The zero-order valence-electron chi connectivity index (χ0n) is 22.6. The molecule has 2 aromatic rings. The number of ether oxygens (including phenoxy) is 2. The summed E-state index contributed by atoms with van der Waals surface area (Å²) >= 11 is 1.84. The van der Waals surface area contributed by atoms with Crippen LogP contribution >= 0.6 is 11.8 Å². The Bertz CT molecular complexity index is 1050. The first kappa shape index (κ1) is 27.3. The Morgan fingerprint density at radius 3 is 2.40 bits per heavy atom. The monoisotopic (exact) mass is 494 g/mol. The standard InChI is InChI=1S/C30H42N2O2S/c1-8-23-13-11-15-25(20-23)35-26-17-16-24(22(6)19-26)14-12-18-30(7)29(34-10-3)31-27(21(4)5)28(32-30)33-9-2/h11,13,15-17,19-21,27H,8-10,12,14,18H2,1-7H3/t27-,30+/m0/s1. The van der Waals surface area contributed by atoms with Crippen LogP contribution < -0.4 is 0 Å². The molecule has 0 aromatic heterocycles. The van der Waals surface area contributed by atoms with Crippen molar-refractivity contribution >= 4 is 23.6 Å². The van der Waals surface area contributed by atoms with Gasteiger partial charge in [-0.1, -0.05) is 50.7 Å². The Hall–Kier alpha value is -2.27. The van der Waals surface area contributed by atoms with Gasteiger partial charge in [0.2, 0.25) is 11.8 Å². The van der Waals surface area contributed by atoms with Crippen LogP contribution in [0.15, 0.2) is 62.2 Å². The predicted octanol–water partition coefficient (Wildman–Crippen LogP) is 7.70. The van der Waals surface area contributed by atoms with Crippen molar-refractivity contribution < 1.29 is 9.47 Å². The van der Waals surface area contributed by atoms with Crippen molar-refractivity contribution in [1.82, 2.24) is 0 Å². The van der Waals surface area contributed by atoms with E-state index in [1.54, 1.807) is 0 Å². The Kier molecular flexibility index (Phi) is 9.85. The molecule has 5 heteroatoms. The highest BCUT2D eigenvalue weighted by molar-refractivity contribution is 7.99. The quantitative estimate of drug-likeness (QED) is 0.340. The van der Waals surface area contributed by atoms with Crippen LogP contribution in [0.1, 0.15) is 71.1 Å². The SMILES string of the molecule is CCOC1=N[C@](C)(CCCc2ccc(Sc3cccc(CC)c3)cc2C)C(OCC)=N[C@H]1C(C)C. The van der Waals surface area contributed by atoms with Gasteiger partial charge in [0.25, 0.3) is 0 Å². The molecule has 0 bridgehead atoms. The van der Waals surface area contributed by atoms with Gasteiger partial charge < -0.3 is 9.47 Å². The summed E-state index contributed by atoms with van der Waals surface area (Å²) in [6.07, 6.45) is 3.94. The molecular formula is C30H42N2O2S. The first-order valence-electron chi connectivity index (χ1n) is 13.1. The summed E-state index contributed by atoms with van der Waals surface area (Å²) < 4.78 is 11.9. The zero-order chi connectivity index (χ0) is 25.4. The molecule has 4 nitrogen and oxygen atoms in total. The van der Waals surface area contributed by atoms with E-state index in [4.69, 9.17) is 19.5 Å². The lowest BCUT2D eigenvalue weighted by molar-refractivity contribution is 0.255. The second kappa shape index (κ2) is 12.6. The minimum absolute atomic E-state index is 0.0742. The highest BCUT2D eigenvalue weighted by atomic mass is 32.2. The summed E-state index contributed by atoms with van der Waals surface area (Å²) in [6, 6.07) is 15.6. The van der Waals surface area contributed by atoms with E-state index in [1.807, 2.05) is 25.6 Å². The van der Waals surface area contributed by atoms with Crippen molar-refractivity contribution in [3.8, 4) is 0 Å². The van der Waals surface area contributed by atoms with Crippen molar-refractivity contribution in [2.45, 2.75) is 95.5 Å². The molecule has 0 fully saturated rings. The molecule has 0 spiro atoms. The molecule has 0 radical (unpaired) electrons. The van der Waals surface area contributed by atoms with E-state index in [9.17, 15) is 0 Å². The lowest BCUT2D eigenvalue weighted by atomic mass is 9.90. The minimum atomic E-state index is -0.486. The van der Waals surface area contributed by atoms with Gasteiger partial charge in [-0.2, -0.15) is 0 Å². The molecule has 0 unspecified atom stereocenters. The van der Waals surface area contributed by atoms with Gasteiger partial charge in [0.05, 0.1) is 13.2 Å². The smallest absolute Gasteiger partial charge is 0.212 e. The molecule has 3 rings (SSSR count). The number of benzene rings is 2. The number of aliphatic imine (C=N–C) groups is 2. The van der Waals surface area contributed by atoms with Crippen molar-refractivity contribution in [3.63, 3.8) is 0 Å². The molecule has 1 heterocycles. The zero-order valence-corrected chi connectivity index (χ0v) is 23.4. The minimum Gasteiger partial charge on any atom is -0.480 e. The highest BCUT2D eigenvalue weighted by Gasteiger charge is 2.39. The van der Waals surface area contributed by atoms with Crippen LogP contribution in [0.2, 0.25) is 0 Å². The number of hydrogen-bond donors (Lipinski definition) is 0. The van der Waals surface area contributed by atoms with Crippen LogP contribution in [-0.2, 0) is 22.3 Å². The largest absolute Gasteiger partial charge is 0.480 e. The predicted molar refractivity (Wildman–Crippen MR) is 149 cm³/mol. The van der Waals surface area contributed by atoms with Crippen molar-refractivity contribution in [2.24, 2.45) is 15.9 Å². The average molecular weight is 495 g/mol. The van der Waals surface area contributed by atoms with Gasteiger partial charge >= 0.3 is 0 Å². The van der Waals surface area contributed by atoms with Crippen LogP contribution in [-0.4, -0.2) is 36.6 Å². The molecular weight excluding hydrogens is 452 g/mol. The molecule has 0 N–H and O–H groups in total. The summed E-state index contributed by atoms with van der Waals surface area (Å²) in [5.74, 6) is 1.81. The summed E-state index contributed by atoms with van der Waals surface area (Å²) in [4.78, 5) is 12.6. The van der Waals surface area contributed by atoms with E-state index in [1.165, 1.54) is 26.5 Å². The van der Waals surface area contributed by atoms with Gasteiger partial charge in [-0.3, -0.25) is 0 Å². The lowest BCUT2D eigenvalue weighted by Gasteiger charge is -2.34. The summed E-state index contributed by atoms with van der Waals surface area (Å²) in [6.45, 7) is 16.1. The van der Waals surface area contributed by atoms with Crippen LogP contribution in [0.5, 0.6) is 0 Å². The van der Waals surface area contributed by atoms with Crippen LogP contribution in [0.3, 0.4) is 0 Å². The fourth-order valence-electron chi connectivity index (χ4n) is 4.47. The number of aryl methyl sites for hydroxylation is 3. The van der Waals surface area contributed by atoms with E-state index in [0.29, 0.717) is 19.1 Å². The maximum atomic E-state index is 6.01. The Morgan fingerprint density at radius 1 is 1.00 bits per heavy atom. The first-order chi connectivity index (χ1) is 16.8. The molecule has 0 saturated carbocycles. The molecule has 2 atom stereocenters. The normalized spacial score (nSPS) is 19.9. The third kappa shape index (κ3) is 7.13. The molecule has 190 valence electrons. The summed E-state index contributed by atoms with van der Waals surface area (Å²) in [5.41, 5.74) is 3.62. The molecule has 0 amide bonds. The topological polar surface area (TPSA) is 43.2 Å². The van der Waals surface area contributed by atoms with E-state index in [0.717, 1.165) is 37.5 Å². The van der Waals surface area contributed by atoms with Gasteiger partial charge in [-0.15, -0.1) is 0 Å². The second-order valence-electron chi connectivity index (χ2n) is 9.76. The lowest BCUT2D eigenvalue weighted by Crippen LogP contribution is -2.45. The van der Waals surface area contributed by atoms with Gasteiger partial charge in [0.15, 0.2) is 0 Å². The average Bonchev–Trinajstić information content (AvgIpc) is 2.82. The highest BCUT2D eigenvalue weighted by Crippen LogP contribution is 2.32. The number of rotatable bonds is 10. The van der Waals surface area contributed by atoms with Crippen LogP contribution in [0.25, 0.3) is 0 Å². The van der Waals surface area contributed by atoms with E-state index in [2.05, 4.69) is 77.1 Å². The molecule has 1 aliphatic rings. The molecule has 0 saturated heterocycles. The van der Waals surface area contributed by atoms with Gasteiger partial charge in [-0.05, 0) is 100 Å². The Morgan fingerprint density at radius 2 is 1.74 bits per heavy atom. The Balaban J connectivity index is 1.69. The molecule has 35 heavy (non-hydrogen) atoms. The third-order valence-electron chi connectivity index (χ3n) is 6.50. The maximum Gasteiger partial charge on any atom is 0.212 e.